The molecule has 3 aromatic rings. The molecule has 0 saturated carbocycles. The largest absolute Gasteiger partial charge is 0.463 e. The van der Waals surface area contributed by atoms with E-state index >= 15 is 0 Å². The molecule has 0 amide bonds. The maximum Gasteiger partial charge on any atom is 0.333 e. The van der Waals surface area contributed by atoms with Gasteiger partial charge >= 0.3 is 23.9 Å². The van der Waals surface area contributed by atoms with Crippen LogP contribution in [0.4, 0.5) is 0 Å². The normalized spacial score (nSPS) is 9.36. The number of aryl methyl sites for hydroxylation is 5. The quantitative estimate of drug-likeness (QED) is 0.0857. The van der Waals surface area contributed by atoms with Crippen LogP contribution in [0.15, 0.2) is 128 Å². The van der Waals surface area contributed by atoms with Gasteiger partial charge in [-0.15, -0.1) is 0 Å². The molecule has 0 heterocycles. The zero-order valence-corrected chi connectivity index (χ0v) is 59.3. The van der Waals surface area contributed by atoms with Crippen LogP contribution in [0.3, 0.4) is 0 Å². The van der Waals surface area contributed by atoms with E-state index in [1.807, 2.05) is 101 Å². The number of esters is 4. The molecule has 2 unspecified atom stereocenters. The second-order valence-corrected chi connectivity index (χ2v) is 20.1. The van der Waals surface area contributed by atoms with E-state index in [0.717, 1.165) is 36.8 Å². The Morgan fingerprint density at radius 2 is 0.735 bits per heavy atom. The topological polar surface area (TPSA) is 146 Å². The monoisotopic (exact) mass is 1170 g/mol. The van der Waals surface area contributed by atoms with Crippen LogP contribution >= 0.6 is 0 Å². The minimum absolute atomic E-state index is 0.0569. The number of hydrogen-bond acceptors (Lipinski definition) is 10. The molecule has 3 aromatic carbocycles. The Balaban J connectivity index is -0.0000000767. The first-order valence-corrected chi connectivity index (χ1v) is 30.4. The van der Waals surface area contributed by atoms with Crippen LogP contribution in [0.5, 0.6) is 0 Å². The van der Waals surface area contributed by atoms with Crippen molar-refractivity contribution in [3.63, 3.8) is 0 Å². The van der Waals surface area contributed by atoms with E-state index in [1.54, 1.807) is 13.8 Å². The molecule has 0 fully saturated rings. The van der Waals surface area contributed by atoms with Crippen molar-refractivity contribution in [2.24, 2.45) is 17.3 Å². The fraction of sp³-hybridized carbons (Fsp3) is 0.589. The Hall–Kier alpha value is -5.58. The predicted molar refractivity (Wildman–Crippen MR) is 366 cm³/mol. The predicted octanol–water partition coefficient (Wildman–Crippen LogP) is 20.5. The third-order valence-corrected chi connectivity index (χ3v) is 7.83. The van der Waals surface area contributed by atoms with E-state index < -0.39 is 24.1 Å². The lowest BCUT2D eigenvalue weighted by Gasteiger charge is -2.07. The van der Waals surface area contributed by atoms with Crippen molar-refractivity contribution in [2.45, 2.75) is 245 Å². The van der Waals surface area contributed by atoms with Crippen LogP contribution in [0.1, 0.15) is 226 Å². The Morgan fingerprint density at radius 1 is 0.470 bits per heavy atom. The van der Waals surface area contributed by atoms with Gasteiger partial charge in [0.05, 0.1) is 25.4 Å². The van der Waals surface area contributed by atoms with Crippen LogP contribution in [0, 0.1) is 51.9 Å². The summed E-state index contributed by atoms with van der Waals surface area (Å²) in [5.41, 5.74) is 7.97. The van der Waals surface area contributed by atoms with E-state index in [1.165, 1.54) is 34.2 Å². The summed E-state index contributed by atoms with van der Waals surface area (Å²) < 4.78 is 18.5. The zero-order chi connectivity index (χ0) is 68.0. The summed E-state index contributed by atoms with van der Waals surface area (Å²) in [7, 11) is 0. The van der Waals surface area contributed by atoms with Crippen LogP contribution < -0.4 is 0 Å². The second-order valence-electron chi connectivity index (χ2n) is 20.1. The van der Waals surface area contributed by atoms with Crippen molar-refractivity contribution in [3.8, 4) is 0 Å². The van der Waals surface area contributed by atoms with E-state index in [-0.39, 0.29) is 25.2 Å². The number of aliphatic hydroxyl groups is 2. The van der Waals surface area contributed by atoms with E-state index in [2.05, 4.69) is 205 Å². The fourth-order valence-electron chi connectivity index (χ4n) is 3.33. The van der Waals surface area contributed by atoms with Gasteiger partial charge in [0.1, 0.15) is 13.2 Å². The first-order valence-electron chi connectivity index (χ1n) is 30.4. The number of ether oxygens (including phenoxy) is 4. The lowest BCUT2D eigenvalue weighted by atomic mass is 10.0. The molecule has 3 rings (SSSR count). The first-order chi connectivity index (χ1) is 38.7. The van der Waals surface area contributed by atoms with Gasteiger partial charge in [0.2, 0.25) is 0 Å². The highest BCUT2D eigenvalue weighted by atomic mass is 16.5. The molecule has 0 aliphatic heterocycles. The van der Waals surface area contributed by atoms with Crippen molar-refractivity contribution < 1.29 is 48.3 Å². The molecule has 2 atom stereocenters. The van der Waals surface area contributed by atoms with Crippen LogP contribution in [0.25, 0.3) is 0 Å². The van der Waals surface area contributed by atoms with Crippen molar-refractivity contribution in [1.29, 1.82) is 0 Å². The number of aliphatic hydroxyl groups excluding tert-OH is 2. The molecule has 0 saturated heterocycles. The van der Waals surface area contributed by atoms with Gasteiger partial charge in [0, 0.05) is 23.3 Å². The molecule has 10 nitrogen and oxygen atoms in total. The van der Waals surface area contributed by atoms with Crippen LogP contribution in [0.2, 0.25) is 0 Å². The number of carbonyl (C=O) groups excluding carboxylic acids is 4. The Kier molecular flexibility index (Phi) is 99.6. The lowest BCUT2D eigenvalue weighted by molar-refractivity contribution is -0.142. The van der Waals surface area contributed by atoms with Gasteiger partial charge in [-0.05, 0) is 91.4 Å². The molecule has 0 spiro atoms. The molecule has 0 aliphatic carbocycles. The SMILES string of the molecule is C=C(C)C(=O)OCC(O)CC.C=C(C)C(=O)OCCC.C=CC(=O)OCC(O)CC.C=CC(=O)OCCC.CC.CC.CC.CC.CC(C)(C)C.CC(C)C.CCC(C)C.Cc1ccc(C)cc1.Cc1cccc(C)c1.Cc1ccccc1. The molecule has 10 heteroatoms. The molecule has 486 valence electrons. The molecule has 2 N–H and O–H groups in total. The van der Waals surface area contributed by atoms with Crippen molar-refractivity contribution in [3.05, 3.63) is 156 Å². The fourth-order valence-corrected chi connectivity index (χ4v) is 3.33. The average Bonchev–Trinajstić information content (AvgIpc) is 3.45. The van der Waals surface area contributed by atoms with Crippen molar-refractivity contribution >= 4 is 23.9 Å². The Bertz CT molecular complexity index is 1790. The summed E-state index contributed by atoms with van der Waals surface area (Å²) in [6, 6.07) is 27.2. The summed E-state index contributed by atoms with van der Waals surface area (Å²) in [6.07, 6.45) is 5.33. The van der Waals surface area contributed by atoms with Gasteiger partial charge in [0.25, 0.3) is 0 Å². The van der Waals surface area contributed by atoms with Gasteiger partial charge in [-0.25, -0.2) is 19.2 Å². The third kappa shape index (κ3) is 124. The summed E-state index contributed by atoms with van der Waals surface area (Å²) in [4.78, 5) is 41.9. The Morgan fingerprint density at radius 3 is 0.964 bits per heavy atom. The number of carbonyl (C=O) groups is 4. The smallest absolute Gasteiger partial charge is 0.333 e. The van der Waals surface area contributed by atoms with Gasteiger partial charge in [0.15, 0.2) is 0 Å². The number of benzene rings is 3. The van der Waals surface area contributed by atoms with Gasteiger partial charge in [-0.1, -0.05) is 292 Å². The minimum atomic E-state index is -0.557. The third-order valence-electron chi connectivity index (χ3n) is 7.83. The van der Waals surface area contributed by atoms with Gasteiger partial charge < -0.3 is 29.2 Å². The van der Waals surface area contributed by atoms with Gasteiger partial charge in [-0.3, -0.25) is 0 Å². The molecular weight excluding hydrogens is 1040 g/mol. The molecule has 0 bridgehead atoms. The van der Waals surface area contributed by atoms with Crippen molar-refractivity contribution in [2.75, 3.05) is 26.4 Å². The van der Waals surface area contributed by atoms with Crippen LogP contribution in [-0.2, 0) is 38.1 Å². The van der Waals surface area contributed by atoms with E-state index in [9.17, 15) is 19.2 Å². The molecule has 0 aromatic heterocycles. The second kappa shape index (κ2) is 80.6. The van der Waals surface area contributed by atoms with Gasteiger partial charge in [-0.2, -0.15) is 0 Å². The lowest BCUT2D eigenvalue weighted by Crippen LogP contribution is -2.17. The van der Waals surface area contributed by atoms with E-state index in [4.69, 9.17) is 14.9 Å². The molecule has 0 radical (unpaired) electrons. The summed E-state index contributed by atoms with van der Waals surface area (Å²) in [5.74, 6) is 0.142. The molecular formula is C73H134O10. The van der Waals surface area contributed by atoms with Crippen LogP contribution in [-0.4, -0.2) is 72.7 Å². The first kappa shape index (κ1) is 102. The maximum absolute atomic E-state index is 10.7. The van der Waals surface area contributed by atoms with E-state index in [0.29, 0.717) is 42.6 Å². The van der Waals surface area contributed by atoms with Crippen molar-refractivity contribution in [1.82, 2.24) is 0 Å². The average molecular weight is 1170 g/mol. The highest BCUT2D eigenvalue weighted by molar-refractivity contribution is 5.87. The summed E-state index contributed by atoms with van der Waals surface area (Å²) in [6.45, 7) is 73.5. The molecule has 0 aliphatic rings. The zero-order valence-electron chi connectivity index (χ0n) is 59.3. The minimum Gasteiger partial charge on any atom is -0.463 e. The Labute approximate surface area is 515 Å². The number of hydrogen-bond donors (Lipinski definition) is 2. The highest BCUT2D eigenvalue weighted by Crippen LogP contribution is 2.08. The summed E-state index contributed by atoms with van der Waals surface area (Å²) >= 11 is 0. The summed E-state index contributed by atoms with van der Waals surface area (Å²) in [5, 5.41) is 17.9. The molecule has 83 heavy (non-hydrogen) atoms. The maximum atomic E-state index is 10.7. The number of rotatable bonds is 15. The standard InChI is InChI=1S/C8H14O3.2C8H10.C7H12O3.C7H12O2.C7H8.C6H10O2.2C5H12.C4H10.4C2H6/c1-4-7(9)5-11-8(10)6(2)3;1-7-3-5-8(2)6-4-7;1-7-4-3-5-8(2)6-7;1-3-6(8)5-10-7(9)4-2;1-4-5-9-7(8)6(2)3;1-7-5-3-2-4-6-7;1-3-5-8-6(7)4-2;1-5(2,3)4;1-4-5(2)3;1-4(2)3;4*1-2/h7,9H,2,4-5H2,1,3H3;2*3-6H,1-2H3;4,6,8H,2-3,5H2,1H3;2,4-5H2,1,3H3;2-6H,1H3;4H,2-3,5H2,1H3;1-4H3;5H,4H2,1-3H3;4H,1-3H3;4*1-2H3. The highest BCUT2D eigenvalue weighted by Gasteiger charge is 2.06.